The fraction of sp³-hybridized carbons (Fsp3) is 0.533. The van der Waals surface area contributed by atoms with Gasteiger partial charge >= 0.3 is 6.03 Å². The first-order valence-electron chi connectivity index (χ1n) is 7.27. The molecule has 120 valence electrons. The lowest BCUT2D eigenvalue weighted by Crippen LogP contribution is -2.57. The van der Waals surface area contributed by atoms with Crippen LogP contribution in [0.1, 0.15) is 18.5 Å². The highest BCUT2D eigenvalue weighted by atomic mass is 35.5. The summed E-state index contributed by atoms with van der Waals surface area (Å²) in [6.45, 7) is 4.04. The van der Waals surface area contributed by atoms with Crippen LogP contribution in [0.2, 0.25) is 10.0 Å². The van der Waals surface area contributed by atoms with Gasteiger partial charge in [0, 0.05) is 0 Å². The van der Waals surface area contributed by atoms with Gasteiger partial charge in [-0.2, -0.15) is 0 Å². The smallest absolute Gasteiger partial charge is 0.318 e. The number of fused-ring (bicyclic) bond motifs is 2. The second kappa shape index (κ2) is 6.62. The van der Waals surface area contributed by atoms with Crippen LogP contribution in [-0.2, 0) is 9.47 Å². The second-order valence-corrected chi connectivity index (χ2v) is 6.42. The van der Waals surface area contributed by atoms with E-state index in [0.717, 1.165) is 5.56 Å². The number of benzene rings is 1. The minimum absolute atomic E-state index is 0.0386. The van der Waals surface area contributed by atoms with Gasteiger partial charge in [0.25, 0.3) is 0 Å². The first kappa shape index (κ1) is 15.9. The molecule has 2 fully saturated rings. The monoisotopic (exact) mass is 344 g/mol. The molecule has 7 heteroatoms. The molecule has 2 aliphatic rings. The Bertz CT molecular complexity index is 558. The van der Waals surface area contributed by atoms with E-state index >= 15 is 0 Å². The predicted octanol–water partition coefficient (Wildman–Crippen LogP) is 2.86. The van der Waals surface area contributed by atoms with Crippen LogP contribution >= 0.6 is 23.2 Å². The van der Waals surface area contributed by atoms with Crippen molar-refractivity contribution in [1.29, 1.82) is 0 Å². The molecule has 1 aromatic carbocycles. The van der Waals surface area contributed by atoms with E-state index in [2.05, 4.69) is 5.32 Å². The van der Waals surface area contributed by atoms with Crippen LogP contribution in [0.15, 0.2) is 18.2 Å². The summed E-state index contributed by atoms with van der Waals surface area (Å²) in [6, 6.07) is 5.07. The fourth-order valence-electron chi connectivity index (χ4n) is 2.81. The highest BCUT2D eigenvalue weighted by molar-refractivity contribution is 6.42. The third kappa shape index (κ3) is 3.33. The highest BCUT2D eigenvalue weighted by Gasteiger charge is 2.34. The quantitative estimate of drug-likeness (QED) is 0.897. The van der Waals surface area contributed by atoms with E-state index in [1.165, 1.54) is 0 Å². The lowest BCUT2D eigenvalue weighted by Gasteiger charge is -2.41. The molecule has 2 amide bonds. The van der Waals surface area contributed by atoms with Gasteiger partial charge in [-0.25, -0.2) is 4.79 Å². The van der Waals surface area contributed by atoms with Gasteiger partial charge in [-0.05, 0) is 18.6 Å². The third-order valence-electron chi connectivity index (χ3n) is 3.92. The van der Waals surface area contributed by atoms with Gasteiger partial charge in [-0.1, -0.05) is 35.3 Å². The second-order valence-electron chi connectivity index (χ2n) is 5.64. The van der Waals surface area contributed by atoms with Crippen LogP contribution in [0.25, 0.3) is 0 Å². The molecule has 0 radical (unpaired) electrons. The van der Waals surface area contributed by atoms with Gasteiger partial charge in [-0.3, -0.25) is 0 Å². The molecule has 1 aromatic rings. The number of urea groups is 1. The van der Waals surface area contributed by atoms with Crippen molar-refractivity contribution in [3.63, 3.8) is 0 Å². The number of nitrogens with zero attached hydrogens (tertiary/aromatic N) is 1. The molecule has 2 aliphatic heterocycles. The van der Waals surface area contributed by atoms with Gasteiger partial charge in [0.2, 0.25) is 0 Å². The number of ether oxygens (including phenoxy) is 2. The Morgan fingerprint density at radius 3 is 2.68 bits per heavy atom. The normalized spacial score (nSPS) is 25.7. The molecular weight excluding hydrogens is 327 g/mol. The van der Waals surface area contributed by atoms with Crippen molar-refractivity contribution in [2.45, 2.75) is 25.2 Å². The van der Waals surface area contributed by atoms with Gasteiger partial charge in [0.1, 0.15) is 0 Å². The molecule has 22 heavy (non-hydrogen) atoms. The number of nitrogens with one attached hydrogen (secondary N) is 1. The average Bonchev–Trinajstić information content (AvgIpc) is 2.49. The zero-order valence-electron chi connectivity index (χ0n) is 12.2. The standard InChI is InChI=1S/C15H18Cl2N2O3/c1-9(12-3-2-4-13(16)14(12)17)18-15(20)19-5-10-7-21-8-11(6-19)22-10/h2-4,9-11H,5-8H2,1H3,(H,18,20)/t9-,10-,11+/m0/s1. The lowest BCUT2D eigenvalue weighted by atomic mass is 10.1. The van der Waals surface area contributed by atoms with Crippen molar-refractivity contribution in [2.75, 3.05) is 26.3 Å². The van der Waals surface area contributed by atoms with Crippen LogP contribution < -0.4 is 5.32 Å². The molecule has 0 aromatic heterocycles. The Balaban J connectivity index is 1.65. The van der Waals surface area contributed by atoms with Gasteiger partial charge in [0.15, 0.2) is 0 Å². The Kier molecular flexibility index (Phi) is 4.78. The van der Waals surface area contributed by atoms with Crippen molar-refractivity contribution < 1.29 is 14.3 Å². The summed E-state index contributed by atoms with van der Waals surface area (Å²) in [5.41, 5.74) is 0.805. The number of amides is 2. The molecule has 5 nitrogen and oxygen atoms in total. The van der Waals surface area contributed by atoms with E-state index in [4.69, 9.17) is 32.7 Å². The lowest BCUT2D eigenvalue weighted by molar-refractivity contribution is -0.171. The average molecular weight is 345 g/mol. The number of hydrogen-bond acceptors (Lipinski definition) is 3. The van der Waals surface area contributed by atoms with E-state index in [9.17, 15) is 4.79 Å². The summed E-state index contributed by atoms with van der Waals surface area (Å²) in [4.78, 5) is 14.2. The molecule has 3 atom stereocenters. The topological polar surface area (TPSA) is 50.8 Å². The first-order valence-corrected chi connectivity index (χ1v) is 8.02. The number of rotatable bonds is 2. The summed E-state index contributed by atoms with van der Waals surface area (Å²) in [6.07, 6.45) is -0.0772. The maximum Gasteiger partial charge on any atom is 0.318 e. The summed E-state index contributed by atoms with van der Waals surface area (Å²) in [7, 11) is 0. The van der Waals surface area contributed by atoms with Crippen molar-refractivity contribution >= 4 is 29.2 Å². The SMILES string of the molecule is C[C@H](NC(=O)N1C[C@H]2COC[C@@H](C1)O2)c1cccc(Cl)c1Cl. The summed E-state index contributed by atoms with van der Waals surface area (Å²) >= 11 is 12.2. The van der Waals surface area contributed by atoms with Crippen molar-refractivity contribution in [3.05, 3.63) is 33.8 Å². The van der Waals surface area contributed by atoms with Crippen LogP contribution in [0.4, 0.5) is 4.79 Å². The predicted molar refractivity (Wildman–Crippen MR) is 84.5 cm³/mol. The zero-order valence-corrected chi connectivity index (χ0v) is 13.7. The van der Waals surface area contributed by atoms with E-state index in [-0.39, 0.29) is 24.3 Å². The van der Waals surface area contributed by atoms with Gasteiger partial charge < -0.3 is 19.7 Å². The number of carbonyl (C=O) groups is 1. The maximum absolute atomic E-state index is 12.5. The van der Waals surface area contributed by atoms with E-state index in [0.29, 0.717) is 36.3 Å². The molecule has 2 saturated heterocycles. The van der Waals surface area contributed by atoms with Crippen LogP contribution in [-0.4, -0.2) is 49.4 Å². The Hall–Kier alpha value is -1.01. The molecule has 0 saturated carbocycles. The summed E-state index contributed by atoms with van der Waals surface area (Å²) in [5.74, 6) is 0. The van der Waals surface area contributed by atoms with Crippen molar-refractivity contribution in [3.8, 4) is 0 Å². The Labute approximate surface area is 139 Å². The van der Waals surface area contributed by atoms with E-state index in [1.54, 1.807) is 11.0 Å². The number of carbonyl (C=O) groups excluding carboxylic acids is 1. The fourth-order valence-corrected chi connectivity index (χ4v) is 3.29. The molecule has 1 N–H and O–H groups in total. The molecular formula is C15H18Cl2N2O3. The molecule has 0 aliphatic carbocycles. The molecule has 0 spiro atoms. The zero-order chi connectivity index (χ0) is 15.7. The number of morpholine rings is 1. The number of halogens is 2. The van der Waals surface area contributed by atoms with E-state index < -0.39 is 0 Å². The number of hydrogen-bond donors (Lipinski definition) is 1. The largest absolute Gasteiger partial charge is 0.376 e. The van der Waals surface area contributed by atoms with Crippen molar-refractivity contribution in [2.24, 2.45) is 0 Å². The van der Waals surface area contributed by atoms with E-state index in [1.807, 2.05) is 19.1 Å². The highest BCUT2D eigenvalue weighted by Crippen LogP contribution is 2.30. The third-order valence-corrected chi connectivity index (χ3v) is 4.75. The minimum atomic E-state index is -0.224. The van der Waals surface area contributed by atoms with Crippen LogP contribution in [0, 0.1) is 0 Å². The van der Waals surface area contributed by atoms with Crippen molar-refractivity contribution in [1.82, 2.24) is 10.2 Å². The Morgan fingerprint density at radius 2 is 2.00 bits per heavy atom. The molecule has 3 rings (SSSR count). The van der Waals surface area contributed by atoms with Gasteiger partial charge in [-0.15, -0.1) is 0 Å². The van der Waals surface area contributed by atoms with Crippen LogP contribution in [0.3, 0.4) is 0 Å². The summed E-state index contributed by atoms with van der Waals surface area (Å²) < 4.78 is 11.2. The minimum Gasteiger partial charge on any atom is -0.376 e. The van der Waals surface area contributed by atoms with Gasteiger partial charge in [0.05, 0.1) is 54.6 Å². The molecule has 2 heterocycles. The maximum atomic E-state index is 12.5. The summed E-state index contributed by atoms with van der Waals surface area (Å²) in [5, 5.41) is 3.93. The Morgan fingerprint density at radius 1 is 1.32 bits per heavy atom. The van der Waals surface area contributed by atoms with Crippen LogP contribution in [0.5, 0.6) is 0 Å². The first-order chi connectivity index (χ1) is 10.5. The molecule has 2 bridgehead atoms. The molecule has 0 unspecified atom stereocenters.